The predicted octanol–water partition coefficient (Wildman–Crippen LogP) is 3.44. The van der Waals surface area contributed by atoms with Gasteiger partial charge in [-0.25, -0.2) is 4.98 Å². The van der Waals surface area contributed by atoms with Crippen LogP contribution >= 0.6 is 0 Å². The Morgan fingerprint density at radius 2 is 1.96 bits per heavy atom. The highest BCUT2D eigenvalue weighted by atomic mass is 16.5. The minimum atomic E-state index is -0.0924. The van der Waals surface area contributed by atoms with Gasteiger partial charge in [-0.3, -0.25) is 9.78 Å². The molecule has 122 valence electrons. The van der Waals surface area contributed by atoms with Crippen molar-refractivity contribution in [3.8, 4) is 5.88 Å². The van der Waals surface area contributed by atoms with Crippen molar-refractivity contribution in [2.45, 2.75) is 20.3 Å². The molecule has 0 unspecified atom stereocenters. The number of anilines is 1. The zero-order valence-corrected chi connectivity index (χ0v) is 14.0. The summed E-state index contributed by atoms with van der Waals surface area (Å²) >= 11 is 0. The number of carbonyl (C=O) groups is 1. The summed E-state index contributed by atoms with van der Waals surface area (Å²) in [6.45, 7) is 3.98. The fraction of sp³-hybridized carbons (Fsp3) is 0.211. The standard InChI is InChI=1S/C19H19N3O2/c1-12-15-6-4-5-7-17(15)21-13(2)16(12)10-18(23)22-14-8-9-19(24-3)20-11-14/h4-9,11H,10H2,1-3H3,(H,22,23). The Morgan fingerprint density at radius 1 is 1.17 bits per heavy atom. The number of aryl methyl sites for hydroxylation is 2. The van der Waals surface area contributed by atoms with Crippen LogP contribution in [0.1, 0.15) is 16.8 Å². The first-order valence-electron chi connectivity index (χ1n) is 7.73. The third-order valence-electron chi connectivity index (χ3n) is 4.05. The maximum Gasteiger partial charge on any atom is 0.228 e. The number of benzene rings is 1. The number of pyridine rings is 2. The van der Waals surface area contributed by atoms with E-state index in [9.17, 15) is 4.79 Å². The van der Waals surface area contributed by atoms with Gasteiger partial charge in [0.1, 0.15) is 0 Å². The molecule has 0 saturated carbocycles. The summed E-state index contributed by atoms with van der Waals surface area (Å²) in [5.74, 6) is 0.420. The molecule has 0 aliphatic carbocycles. The molecule has 1 amide bonds. The minimum Gasteiger partial charge on any atom is -0.481 e. The lowest BCUT2D eigenvalue weighted by molar-refractivity contribution is -0.115. The largest absolute Gasteiger partial charge is 0.481 e. The third-order valence-corrected chi connectivity index (χ3v) is 4.05. The molecule has 0 atom stereocenters. The average Bonchev–Trinajstić information content (AvgIpc) is 2.59. The van der Waals surface area contributed by atoms with E-state index in [1.54, 1.807) is 25.4 Å². The smallest absolute Gasteiger partial charge is 0.228 e. The van der Waals surface area contributed by atoms with Gasteiger partial charge in [-0.15, -0.1) is 0 Å². The molecular formula is C19H19N3O2. The van der Waals surface area contributed by atoms with E-state index in [2.05, 4.69) is 15.3 Å². The van der Waals surface area contributed by atoms with Crippen LogP contribution in [0.4, 0.5) is 5.69 Å². The van der Waals surface area contributed by atoms with Gasteiger partial charge in [-0.1, -0.05) is 18.2 Å². The van der Waals surface area contributed by atoms with Crippen molar-refractivity contribution < 1.29 is 9.53 Å². The Kier molecular flexibility index (Phi) is 4.42. The van der Waals surface area contributed by atoms with E-state index in [1.807, 2.05) is 38.1 Å². The summed E-state index contributed by atoms with van der Waals surface area (Å²) in [6, 6.07) is 11.5. The van der Waals surface area contributed by atoms with Gasteiger partial charge in [0.2, 0.25) is 11.8 Å². The number of nitrogens with one attached hydrogen (secondary N) is 1. The highest BCUT2D eigenvalue weighted by Crippen LogP contribution is 2.23. The fourth-order valence-electron chi connectivity index (χ4n) is 2.77. The summed E-state index contributed by atoms with van der Waals surface area (Å²) in [4.78, 5) is 21.1. The summed E-state index contributed by atoms with van der Waals surface area (Å²) < 4.78 is 5.01. The summed E-state index contributed by atoms with van der Waals surface area (Å²) in [7, 11) is 1.55. The molecule has 2 aromatic heterocycles. The first kappa shape index (κ1) is 15.9. The zero-order valence-electron chi connectivity index (χ0n) is 14.0. The highest BCUT2D eigenvalue weighted by molar-refractivity contribution is 5.93. The van der Waals surface area contributed by atoms with Gasteiger partial charge < -0.3 is 10.1 Å². The van der Waals surface area contributed by atoms with Gasteiger partial charge in [0, 0.05) is 17.1 Å². The second-order valence-electron chi connectivity index (χ2n) is 5.63. The van der Waals surface area contributed by atoms with Crippen LogP contribution in [0.25, 0.3) is 10.9 Å². The number of hydrogen-bond acceptors (Lipinski definition) is 4. The normalized spacial score (nSPS) is 10.6. The molecule has 5 nitrogen and oxygen atoms in total. The van der Waals surface area contributed by atoms with Crippen LogP contribution in [0, 0.1) is 13.8 Å². The van der Waals surface area contributed by atoms with E-state index in [-0.39, 0.29) is 12.3 Å². The van der Waals surface area contributed by atoms with E-state index in [4.69, 9.17) is 4.74 Å². The topological polar surface area (TPSA) is 64.1 Å². The van der Waals surface area contributed by atoms with Gasteiger partial charge in [0.05, 0.1) is 30.9 Å². The number of aromatic nitrogens is 2. The van der Waals surface area contributed by atoms with Crippen molar-refractivity contribution in [1.82, 2.24) is 9.97 Å². The zero-order chi connectivity index (χ0) is 17.1. The molecule has 5 heteroatoms. The lowest BCUT2D eigenvalue weighted by Crippen LogP contribution is -2.16. The Morgan fingerprint density at radius 3 is 2.67 bits per heavy atom. The number of amides is 1. The highest BCUT2D eigenvalue weighted by Gasteiger charge is 2.13. The van der Waals surface area contributed by atoms with Crippen LogP contribution in [-0.2, 0) is 11.2 Å². The third kappa shape index (κ3) is 3.20. The average molecular weight is 321 g/mol. The maximum atomic E-state index is 12.4. The molecule has 2 heterocycles. The molecule has 0 fully saturated rings. The lowest BCUT2D eigenvalue weighted by Gasteiger charge is -2.12. The van der Waals surface area contributed by atoms with Gasteiger partial charge in [0.15, 0.2) is 0 Å². The Bertz CT molecular complexity index is 889. The molecule has 3 rings (SSSR count). The van der Waals surface area contributed by atoms with Gasteiger partial charge in [-0.2, -0.15) is 0 Å². The summed E-state index contributed by atoms with van der Waals surface area (Å²) in [5.41, 5.74) is 4.55. The molecule has 0 bridgehead atoms. The number of ether oxygens (including phenoxy) is 1. The molecule has 3 aromatic rings. The molecule has 1 N–H and O–H groups in total. The SMILES string of the molecule is COc1ccc(NC(=O)Cc2c(C)nc3ccccc3c2C)cn1. The van der Waals surface area contributed by atoms with Crippen molar-refractivity contribution in [3.63, 3.8) is 0 Å². The Hall–Kier alpha value is -2.95. The quantitative estimate of drug-likeness (QED) is 0.799. The van der Waals surface area contributed by atoms with Crippen molar-refractivity contribution in [2.24, 2.45) is 0 Å². The predicted molar refractivity (Wildman–Crippen MR) is 94.3 cm³/mol. The molecule has 24 heavy (non-hydrogen) atoms. The van der Waals surface area contributed by atoms with Gasteiger partial charge >= 0.3 is 0 Å². The molecule has 0 radical (unpaired) electrons. The van der Waals surface area contributed by atoms with Crippen LogP contribution in [0.3, 0.4) is 0 Å². The van der Waals surface area contributed by atoms with E-state index in [1.165, 1.54) is 0 Å². The molecule has 0 saturated heterocycles. The fourth-order valence-corrected chi connectivity index (χ4v) is 2.77. The van der Waals surface area contributed by atoms with Crippen LogP contribution in [-0.4, -0.2) is 23.0 Å². The second kappa shape index (κ2) is 6.66. The molecule has 1 aromatic carbocycles. The lowest BCUT2D eigenvalue weighted by atomic mass is 9.99. The number of methoxy groups -OCH3 is 1. The molecule has 0 aliphatic rings. The van der Waals surface area contributed by atoms with E-state index in [0.717, 1.165) is 27.7 Å². The summed E-state index contributed by atoms with van der Waals surface area (Å²) in [5, 5.41) is 3.94. The number of rotatable bonds is 4. The minimum absolute atomic E-state index is 0.0924. The maximum absolute atomic E-state index is 12.4. The van der Waals surface area contributed by atoms with Gasteiger partial charge in [0.25, 0.3) is 0 Å². The van der Waals surface area contributed by atoms with Gasteiger partial charge in [-0.05, 0) is 37.1 Å². The van der Waals surface area contributed by atoms with Crippen LogP contribution < -0.4 is 10.1 Å². The first-order valence-corrected chi connectivity index (χ1v) is 7.73. The number of carbonyl (C=O) groups excluding carboxylic acids is 1. The van der Waals surface area contributed by atoms with Crippen molar-refractivity contribution in [3.05, 3.63) is 59.4 Å². The molecular weight excluding hydrogens is 302 g/mol. The number of hydrogen-bond donors (Lipinski definition) is 1. The van der Waals surface area contributed by atoms with Crippen molar-refractivity contribution in [1.29, 1.82) is 0 Å². The molecule has 0 aliphatic heterocycles. The Balaban J connectivity index is 1.82. The Labute approximate surface area is 140 Å². The van der Waals surface area contributed by atoms with Crippen LogP contribution in [0.2, 0.25) is 0 Å². The number of nitrogens with zero attached hydrogens (tertiary/aromatic N) is 2. The van der Waals surface area contributed by atoms with Crippen molar-refractivity contribution >= 4 is 22.5 Å². The van der Waals surface area contributed by atoms with Crippen LogP contribution in [0.5, 0.6) is 5.88 Å². The summed E-state index contributed by atoms with van der Waals surface area (Å²) in [6.07, 6.45) is 1.86. The number of fused-ring (bicyclic) bond motifs is 1. The number of para-hydroxylation sites is 1. The van der Waals surface area contributed by atoms with E-state index >= 15 is 0 Å². The van der Waals surface area contributed by atoms with Crippen molar-refractivity contribution in [2.75, 3.05) is 12.4 Å². The monoisotopic (exact) mass is 321 g/mol. The molecule has 0 spiro atoms. The van der Waals surface area contributed by atoms with Crippen LogP contribution in [0.15, 0.2) is 42.6 Å². The second-order valence-corrected chi connectivity index (χ2v) is 5.63. The first-order chi connectivity index (χ1) is 11.6. The van der Waals surface area contributed by atoms with E-state index < -0.39 is 0 Å². The van der Waals surface area contributed by atoms with E-state index in [0.29, 0.717) is 11.6 Å².